The van der Waals surface area contributed by atoms with Gasteiger partial charge in [-0.3, -0.25) is 9.69 Å². The SMILES string of the molecule is Cc1cc2ccc(F)cc2c(N2CCN(CCCCOc3ccc4ccc(=O)[nH]c4n3)CC2)n1. The fourth-order valence-corrected chi connectivity index (χ4v) is 4.46. The third-order valence-electron chi connectivity index (χ3n) is 6.25. The summed E-state index contributed by atoms with van der Waals surface area (Å²) in [6.07, 6.45) is 1.95. The van der Waals surface area contributed by atoms with Crippen LogP contribution in [0.2, 0.25) is 0 Å². The van der Waals surface area contributed by atoms with E-state index in [2.05, 4.69) is 19.8 Å². The van der Waals surface area contributed by atoms with Gasteiger partial charge in [0.15, 0.2) is 0 Å². The van der Waals surface area contributed by atoms with Gasteiger partial charge in [0.1, 0.15) is 17.3 Å². The first kappa shape index (κ1) is 22.3. The maximum atomic E-state index is 13.9. The van der Waals surface area contributed by atoms with E-state index in [1.54, 1.807) is 12.1 Å². The lowest BCUT2D eigenvalue weighted by molar-refractivity contribution is 0.236. The molecule has 0 aliphatic carbocycles. The molecule has 0 atom stereocenters. The molecule has 3 aromatic heterocycles. The van der Waals surface area contributed by atoms with E-state index in [1.807, 2.05) is 31.2 Å². The van der Waals surface area contributed by atoms with Crippen molar-refractivity contribution in [3.63, 3.8) is 0 Å². The van der Waals surface area contributed by atoms with Crippen LogP contribution < -0.4 is 15.2 Å². The number of anilines is 1. The number of hydrogen-bond donors (Lipinski definition) is 1. The number of halogens is 1. The largest absolute Gasteiger partial charge is 0.478 e. The topological polar surface area (TPSA) is 74.3 Å². The van der Waals surface area contributed by atoms with Crippen LogP contribution in [-0.2, 0) is 0 Å². The molecule has 1 fully saturated rings. The molecule has 1 aliphatic heterocycles. The first-order valence-electron chi connectivity index (χ1n) is 11.7. The Morgan fingerprint density at radius 3 is 2.62 bits per heavy atom. The molecular formula is C26H28FN5O2. The number of aromatic nitrogens is 3. The summed E-state index contributed by atoms with van der Waals surface area (Å²) in [4.78, 5) is 28.0. The Balaban J connectivity index is 1.09. The molecule has 0 radical (unpaired) electrons. The summed E-state index contributed by atoms with van der Waals surface area (Å²) in [6, 6.07) is 13.9. The number of pyridine rings is 3. The number of nitrogens with zero attached hydrogens (tertiary/aromatic N) is 4. The van der Waals surface area contributed by atoms with Gasteiger partial charge in [0.05, 0.1) is 6.61 Å². The number of hydrogen-bond acceptors (Lipinski definition) is 6. The summed E-state index contributed by atoms with van der Waals surface area (Å²) >= 11 is 0. The molecule has 0 spiro atoms. The van der Waals surface area contributed by atoms with Gasteiger partial charge in [0, 0.05) is 54.8 Å². The third-order valence-corrected chi connectivity index (χ3v) is 6.25. The second kappa shape index (κ2) is 9.77. The van der Waals surface area contributed by atoms with Crippen molar-refractivity contribution in [1.29, 1.82) is 0 Å². The van der Waals surface area contributed by atoms with Crippen LogP contribution in [0.25, 0.3) is 21.8 Å². The van der Waals surface area contributed by atoms with Crippen LogP contribution in [0.5, 0.6) is 5.88 Å². The molecule has 5 rings (SSSR count). The standard InChI is InChI=1S/C26H28FN5O2/c1-18-16-20-4-7-21(27)17-22(20)26(28-18)32-13-11-31(12-14-32)10-2-3-15-34-24-9-6-19-5-8-23(33)29-25(19)30-24/h4-9,16-17H,2-3,10-15H2,1H3,(H,29,30,33). The minimum Gasteiger partial charge on any atom is -0.478 e. The smallest absolute Gasteiger partial charge is 0.249 e. The Morgan fingerprint density at radius 1 is 0.971 bits per heavy atom. The van der Waals surface area contributed by atoms with Gasteiger partial charge in [-0.25, -0.2) is 9.37 Å². The monoisotopic (exact) mass is 461 g/mol. The minimum atomic E-state index is -0.229. The number of H-pyrrole nitrogens is 1. The highest BCUT2D eigenvalue weighted by Gasteiger charge is 2.20. The van der Waals surface area contributed by atoms with E-state index in [0.717, 1.165) is 73.2 Å². The molecule has 0 unspecified atom stereocenters. The van der Waals surface area contributed by atoms with Gasteiger partial charge in [-0.1, -0.05) is 6.07 Å². The zero-order chi connectivity index (χ0) is 23.5. The van der Waals surface area contributed by atoms with Crippen molar-refractivity contribution < 1.29 is 9.13 Å². The van der Waals surface area contributed by atoms with Gasteiger partial charge < -0.3 is 14.6 Å². The van der Waals surface area contributed by atoms with Gasteiger partial charge in [0.2, 0.25) is 11.4 Å². The number of fused-ring (bicyclic) bond motifs is 2. The van der Waals surface area contributed by atoms with Gasteiger partial charge in [-0.15, -0.1) is 0 Å². The Bertz CT molecular complexity index is 1360. The number of piperazine rings is 1. The summed E-state index contributed by atoms with van der Waals surface area (Å²) in [5.74, 6) is 1.18. The second-order valence-corrected chi connectivity index (χ2v) is 8.75. The molecule has 1 aliphatic rings. The molecule has 0 amide bonds. The van der Waals surface area contributed by atoms with Crippen LogP contribution in [0.3, 0.4) is 0 Å². The first-order chi connectivity index (χ1) is 16.5. The van der Waals surface area contributed by atoms with E-state index in [-0.39, 0.29) is 11.4 Å². The highest BCUT2D eigenvalue weighted by Crippen LogP contribution is 2.27. The molecule has 176 valence electrons. The number of unbranched alkanes of at least 4 members (excludes halogenated alkanes) is 1. The molecule has 4 aromatic rings. The predicted molar refractivity (Wildman–Crippen MR) is 132 cm³/mol. The number of aromatic amines is 1. The van der Waals surface area contributed by atoms with Crippen LogP contribution in [0.1, 0.15) is 18.5 Å². The maximum Gasteiger partial charge on any atom is 0.249 e. The minimum absolute atomic E-state index is 0.171. The van der Waals surface area contributed by atoms with E-state index in [9.17, 15) is 9.18 Å². The van der Waals surface area contributed by atoms with Crippen molar-refractivity contribution in [1.82, 2.24) is 19.9 Å². The fourth-order valence-electron chi connectivity index (χ4n) is 4.46. The predicted octanol–water partition coefficient (Wildman–Crippen LogP) is 3.90. The molecule has 8 heteroatoms. The van der Waals surface area contributed by atoms with E-state index in [4.69, 9.17) is 9.72 Å². The molecule has 0 saturated carbocycles. The molecule has 0 bridgehead atoms. The van der Waals surface area contributed by atoms with Crippen molar-refractivity contribution >= 4 is 27.6 Å². The average molecular weight is 462 g/mol. The van der Waals surface area contributed by atoms with Gasteiger partial charge in [-0.05, 0) is 62.0 Å². The zero-order valence-electron chi connectivity index (χ0n) is 19.3. The van der Waals surface area contributed by atoms with E-state index in [1.165, 1.54) is 12.1 Å². The summed E-state index contributed by atoms with van der Waals surface area (Å²) in [7, 11) is 0. The van der Waals surface area contributed by atoms with Gasteiger partial charge in [0.25, 0.3) is 0 Å². The molecule has 34 heavy (non-hydrogen) atoms. The van der Waals surface area contributed by atoms with Crippen LogP contribution in [-0.4, -0.2) is 59.2 Å². The summed E-state index contributed by atoms with van der Waals surface area (Å²) in [5.41, 5.74) is 1.32. The number of benzene rings is 1. The van der Waals surface area contributed by atoms with Crippen LogP contribution in [0.4, 0.5) is 10.2 Å². The molecular weight excluding hydrogens is 433 g/mol. The first-order valence-corrected chi connectivity index (χ1v) is 11.7. The zero-order valence-corrected chi connectivity index (χ0v) is 19.3. The van der Waals surface area contributed by atoms with Gasteiger partial charge >= 0.3 is 0 Å². The second-order valence-electron chi connectivity index (χ2n) is 8.75. The van der Waals surface area contributed by atoms with Crippen molar-refractivity contribution in [3.8, 4) is 5.88 Å². The highest BCUT2D eigenvalue weighted by molar-refractivity contribution is 5.92. The van der Waals surface area contributed by atoms with Crippen molar-refractivity contribution in [3.05, 3.63) is 70.4 Å². The molecule has 1 aromatic carbocycles. The number of ether oxygens (including phenoxy) is 1. The van der Waals surface area contributed by atoms with E-state index >= 15 is 0 Å². The van der Waals surface area contributed by atoms with E-state index < -0.39 is 0 Å². The third kappa shape index (κ3) is 5.02. The summed E-state index contributed by atoms with van der Waals surface area (Å²) in [6.45, 7) is 7.22. The summed E-state index contributed by atoms with van der Waals surface area (Å²) in [5, 5.41) is 2.78. The van der Waals surface area contributed by atoms with Crippen LogP contribution in [0, 0.1) is 12.7 Å². The number of aryl methyl sites for hydroxylation is 1. The molecule has 1 saturated heterocycles. The molecule has 1 N–H and O–H groups in total. The Labute approximate surface area is 197 Å². The van der Waals surface area contributed by atoms with Crippen molar-refractivity contribution in [2.45, 2.75) is 19.8 Å². The Hall–Kier alpha value is -3.52. The molecule has 7 nitrogen and oxygen atoms in total. The average Bonchev–Trinajstić information content (AvgIpc) is 2.84. The van der Waals surface area contributed by atoms with Crippen molar-refractivity contribution in [2.24, 2.45) is 0 Å². The van der Waals surface area contributed by atoms with Crippen LogP contribution in [0.15, 0.2) is 53.3 Å². The quantitative estimate of drug-likeness (QED) is 0.421. The number of nitrogens with one attached hydrogen (secondary N) is 1. The summed E-state index contributed by atoms with van der Waals surface area (Å²) < 4.78 is 19.6. The normalized spacial score (nSPS) is 14.7. The fraction of sp³-hybridized carbons (Fsp3) is 0.346. The number of rotatable bonds is 7. The van der Waals surface area contributed by atoms with Gasteiger partial charge in [-0.2, -0.15) is 4.98 Å². The van der Waals surface area contributed by atoms with Crippen molar-refractivity contribution in [2.75, 3.05) is 44.2 Å². The highest BCUT2D eigenvalue weighted by atomic mass is 19.1. The lowest BCUT2D eigenvalue weighted by atomic mass is 10.1. The Kier molecular flexibility index (Phi) is 6.40. The van der Waals surface area contributed by atoms with Crippen LogP contribution >= 0.6 is 0 Å². The maximum absolute atomic E-state index is 13.9. The molecule has 4 heterocycles. The Morgan fingerprint density at radius 2 is 1.76 bits per heavy atom. The lowest BCUT2D eigenvalue weighted by Crippen LogP contribution is -2.47. The lowest BCUT2D eigenvalue weighted by Gasteiger charge is -2.36. The van der Waals surface area contributed by atoms with E-state index in [0.29, 0.717) is 18.1 Å².